The Balaban J connectivity index is 1.91. The summed E-state index contributed by atoms with van der Waals surface area (Å²) >= 11 is 0. The Morgan fingerprint density at radius 1 is 1.44 bits per heavy atom. The van der Waals surface area contributed by atoms with Crippen LogP contribution in [0.3, 0.4) is 0 Å². The molecule has 2 aliphatic rings. The van der Waals surface area contributed by atoms with Crippen LogP contribution in [-0.2, 0) is 0 Å². The lowest BCUT2D eigenvalue weighted by Crippen LogP contribution is -2.13. The molecule has 4 atom stereocenters. The van der Waals surface area contributed by atoms with Crippen molar-refractivity contribution in [3.63, 3.8) is 0 Å². The van der Waals surface area contributed by atoms with Gasteiger partial charge in [-0.1, -0.05) is 9.39 Å². The van der Waals surface area contributed by atoms with Crippen molar-refractivity contribution in [1.29, 1.82) is 0 Å². The standard InChI is InChI=1S/C6H12NOP/c8-3-6-4-1-7(9)2-5(4)6/h4-6,8H,1-3,9H2/t4-,5?,6?/m0/s1. The zero-order valence-electron chi connectivity index (χ0n) is 5.33. The van der Waals surface area contributed by atoms with E-state index in [1.807, 2.05) is 0 Å². The van der Waals surface area contributed by atoms with E-state index in [0.717, 1.165) is 11.8 Å². The third-order valence-electron chi connectivity index (χ3n) is 2.61. The summed E-state index contributed by atoms with van der Waals surface area (Å²) in [6.45, 7) is 2.77. The second-order valence-electron chi connectivity index (χ2n) is 3.13. The van der Waals surface area contributed by atoms with Crippen LogP contribution < -0.4 is 0 Å². The number of aliphatic hydroxyl groups is 1. The van der Waals surface area contributed by atoms with Crippen molar-refractivity contribution < 1.29 is 5.11 Å². The van der Waals surface area contributed by atoms with Gasteiger partial charge in [0.15, 0.2) is 0 Å². The molecule has 0 aromatic rings. The molecule has 3 heteroatoms. The highest BCUT2D eigenvalue weighted by atomic mass is 31.0. The van der Waals surface area contributed by atoms with Crippen molar-refractivity contribution in [2.24, 2.45) is 17.8 Å². The molecular formula is C6H12NOP. The van der Waals surface area contributed by atoms with E-state index in [1.165, 1.54) is 13.1 Å². The number of piperidine rings is 1. The summed E-state index contributed by atoms with van der Waals surface area (Å²) in [6, 6.07) is 0. The highest BCUT2D eigenvalue weighted by Crippen LogP contribution is 2.51. The van der Waals surface area contributed by atoms with E-state index >= 15 is 0 Å². The monoisotopic (exact) mass is 145 g/mol. The average molecular weight is 145 g/mol. The predicted octanol–water partition coefficient (Wildman–Crippen LogP) is -0.0534. The fraction of sp³-hybridized carbons (Fsp3) is 1.00. The first-order chi connectivity index (χ1) is 4.33. The summed E-state index contributed by atoms with van der Waals surface area (Å²) in [5.41, 5.74) is 0. The zero-order chi connectivity index (χ0) is 6.43. The van der Waals surface area contributed by atoms with Crippen molar-refractivity contribution in [1.82, 2.24) is 4.67 Å². The number of hydrogen-bond acceptors (Lipinski definition) is 2. The Bertz CT molecular complexity index is 118. The van der Waals surface area contributed by atoms with Gasteiger partial charge in [0, 0.05) is 19.7 Å². The second kappa shape index (κ2) is 1.91. The van der Waals surface area contributed by atoms with Gasteiger partial charge in [-0.3, -0.25) is 4.67 Å². The molecule has 0 spiro atoms. The third kappa shape index (κ3) is 0.813. The molecule has 0 aromatic heterocycles. The zero-order valence-corrected chi connectivity index (χ0v) is 6.48. The Kier molecular flexibility index (Phi) is 1.29. The fourth-order valence-electron chi connectivity index (χ4n) is 1.95. The number of hydrogen-bond donors (Lipinski definition) is 1. The summed E-state index contributed by atoms with van der Waals surface area (Å²) in [5.74, 6) is 2.31. The minimum absolute atomic E-state index is 0.411. The molecule has 2 nitrogen and oxygen atoms in total. The first-order valence-corrected chi connectivity index (χ1v) is 3.95. The van der Waals surface area contributed by atoms with E-state index in [2.05, 4.69) is 14.1 Å². The molecule has 1 aliphatic carbocycles. The van der Waals surface area contributed by atoms with Gasteiger partial charge in [0.25, 0.3) is 0 Å². The maximum Gasteiger partial charge on any atom is 0.0465 e. The first kappa shape index (κ1) is 6.09. The third-order valence-corrected chi connectivity index (χ3v) is 3.03. The van der Waals surface area contributed by atoms with Crippen LogP contribution in [0.2, 0.25) is 0 Å². The van der Waals surface area contributed by atoms with E-state index < -0.39 is 0 Å². The van der Waals surface area contributed by atoms with Crippen molar-refractivity contribution >= 4 is 9.39 Å². The lowest BCUT2D eigenvalue weighted by Gasteiger charge is -2.10. The van der Waals surface area contributed by atoms with Crippen LogP contribution in [0.5, 0.6) is 0 Å². The molecule has 52 valence electrons. The van der Waals surface area contributed by atoms with Crippen LogP contribution in [-0.4, -0.2) is 29.5 Å². The Labute approximate surface area is 57.5 Å². The van der Waals surface area contributed by atoms with Crippen molar-refractivity contribution in [3.05, 3.63) is 0 Å². The van der Waals surface area contributed by atoms with Crippen LogP contribution in [0.1, 0.15) is 0 Å². The Morgan fingerprint density at radius 3 is 2.44 bits per heavy atom. The fourth-order valence-corrected chi connectivity index (χ4v) is 2.44. The minimum atomic E-state index is 0.411. The van der Waals surface area contributed by atoms with Crippen LogP contribution in [0, 0.1) is 17.8 Å². The van der Waals surface area contributed by atoms with Crippen molar-refractivity contribution in [3.8, 4) is 0 Å². The summed E-state index contributed by atoms with van der Waals surface area (Å²) in [5, 5.41) is 8.77. The lowest BCUT2D eigenvalue weighted by atomic mass is 10.3. The lowest BCUT2D eigenvalue weighted by molar-refractivity contribution is 0.250. The van der Waals surface area contributed by atoms with Gasteiger partial charge in [-0.15, -0.1) is 0 Å². The largest absolute Gasteiger partial charge is 0.396 e. The molecule has 1 heterocycles. The van der Waals surface area contributed by atoms with E-state index in [1.54, 1.807) is 0 Å². The van der Waals surface area contributed by atoms with Gasteiger partial charge < -0.3 is 5.11 Å². The molecule has 2 rings (SSSR count). The molecule has 2 fully saturated rings. The number of rotatable bonds is 1. The van der Waals surface area contributed by atoms with Gasteiger partial charge in [-0.25, -0.2) is 0 Å². The molecular weight excluding hydrogens is 133 g/mol. The van der Waals surface area contributed by atoms with Gasteiger partial charge in [0.1, 0.15) is 0 Å². The molecule has 0 radical (unpaired) electrons. The van der Waals surface area contributed by atoms with Crippen LogP contribution >= 0.6 is 9.39 Å². The minimum Gasteiger partial charge on any atom is -0.396 e. The van der Waals surface area contributed by atoms with E-state index in [0.29, 0.717) is 12.5 Å². The molecule has 1 saturated heterocycles. The number of nitrogens with zero attached hydrogens (tertiary/aromatic N) is 1. The molecule has 0 amide bonds. The summed E-state index contributed by atoms with van der Waals surface area (Å²) in [4.78, 5) is 0. The average Bonchev–Trinajstić information content (AvgIpc) is 2.30. The second-order valence-corrected chi connectivity index (χ2v) is 3.86. The van der Waals surface area contributed by atoms with Crippen molar-refractivity contribution in [2.75, 3.05) is 19.7 Å². The predicted molar refractivity (Wildman–Crippen MR) is 38.8 cm³/mol. The number of fused-ring (bicyclic) bond motifs is 1. The van der Waals surface area contributed by atoms with Crippen LogP contribution in [0.25, 0.3) is 0 Å². The smallest absolute Gasteiger partial charge is 0.0465 e. The van der Waals surface area contributed by atoms with Gasteiger partial charge in [-0.2, -0.15) is 0 Å². The maximum atomic E-state index is 8.77. The van der Waals surface area contributed by atoms with E-state index in [4.69, 9.17) is 5.11 Å². The normalized spacial score (nSPS) is 49.3. The summed E-state index contributed by atoms with van der Waals surface area (Å²) in [6.07, 6.45) is 0. The maximum absolute atomic E-state index is 8.77. The quantitative estimate of drug-likeness (QED) is 0.523. The van der Waals surface area contributed by atoms with Gasteiger partial charge in [0.2, 0.25) is 0 Å². The van der Waals surface area contributed by atoms with Crippen LogP contribution in [0.4, 0.5) is 0 Å². The molecule has 9 heavy (non-hydrogen) atoms. The Morgan fingerprint density at radius 2 is 2.00 bits per heavy atom. The molecule has 3 unspecified atom stereocenters. The van der Waals surface area contributed by atoms with Gasteiger partial charge in [0.05, 0.1) is 0 Å². The van der Waals surface area contributed by atoms with E-state index in [9.17, 15) is 0 Å². The molecule has 1 saturated carbocycles. The van der Waals surface area contributed by atoms with Crippen molar-refractivity contribution in [2.45, 2.75) is 0 Å². The molecule has 1 aliphatic heterocycles. The van der Waals surface area contributed by atoms with Gasteiger partial charge in [-0.05, 0) is 17.8 Å². The molecule has 0 bridgehead atoms. The summed E-state index contributed by atoms with van der Waals surface area (Å²) in [7, 11) is 2.72. The number of aliphatic hydroxyl groups excluding tert-OH is 1. The highest BCUT2D eigenvalue weighted by molar-refractivity contribution is 7.13. The SMILES string of the molecule is OCC1C2CN(P)C[C@H]12. The highest BCUT2D eigenvalue weighted by Gasteiger charge is 2.54. The van der Waals surface area contributed by atoms with E-state index in [-0.39, 0.29) is 0 Å². The first-order valence-electron chi connectivity index (χ1n) is 3.43. The van der Waals surface area contributed by atoms with Gasteiger partial charge >= 0.3 is 0 Å². The topological polar surface area (TPSA) is 23.5 Å². The van der Waals surface area contributed by atoms with Crippen LogP contribution in [0.15, 0.2) is 0 Å². The molecule has 1 N–H and O–H groups in total. The Hall–Kier alpha value is 0.350. The summed E-state index contributed by atoms with van der Waals surface area (Å²) < 4.78 is 2.27. The molecule has 0 aromatic carbocycles.